The number of benzene rings is 1. The maximum absolute atomic E-state index is 12.4. The lowest BCUT2D eigenvalue weighted by Gasteiger charge is -2.18. The van der Waals surface area contributed by atoms with Crippen LogP contribution in [0.15, 0.2) is 18.2 Å². The number of hydrogen-bond acceptors (Lipinski definition) is 3. The Morgan fingerprint density at radius 2 is 1.85 bits per heavy atom. The molecule has 1 amide bonds. The molecule has 1 aliphatic heterocycles. The third-order valence-electron chi connectivity index (χ3n) is 3.85. The summed E-state index contributed by atoms with van der Waals surface area (Å²) in [6.45, 7) is 5.17. The maximum atomic E-state index is 12.4. The molecular formula is C16H18N2O2. The number of carbonyl (C=O) groups excluding carboxylic acids is 2. The summed E-state index contributed by atoms with van der Waals surface area (Å²) >= 11 is 0. The van der Waals surface area contributed by atoms with Gasteiger partial charge in [-0.2, -0.15) is 5.26 Å². The van der Waals surface area contributed by atoms with Crippen molar-refractivity contribution in [3.8, 4) is 6.07 Å². The smallest absolute Gasteiger partial charge is 0.247 e. The van der Waals surface area contributed by atoms with Crippen LogP contribution >= 0.6 is 0 Å². The van der Waals surface area contributed by atoms with Crippen LogP contribution in [0.2, 0.25) is 0 Å². The zero-order valence-electron chi connectivity index (χ0n) is 11.8. The summed E-state index contributed by atoms with van der Waals surface area (Å²) in [6, 6.07) is 7.15. The quantitative estimate of drug-likeness (QED) is 0.625. The molecule has 1 atom stereocenters. The third-order valence-corrected chi connectivity index (χ3v) is 3.85. The van der Waals surface area contributed by atoms with Crippen LogP contribution < -0.4 is 0 Å². The second kappa shape index (κ2) is 5.87. The molecule has 4 heteroatoms. The first kappa shape index (κ1) is 14.3. The van der Waals surface area contributed by atoms with E-state index < -0.39 is 11.7 Å². The molecule has 1 fully saturated rings. The first-order valence-corrected chi connectivity index (χ1v) is 6.84. The summed E-state index contributed by atoms with van der Waals surface area (Å²) in [5.74, 6) is -1.96. The van der Waals surface area contributed by atoms with E-state index in [1.165, 1.54) is 0 Å². The maximum Gasteiger partial charge on any atom is 0.247 e. The van der Waals surface area contributed by atoms with Crippen molar-refractivity contribution in [2.24, 2.45) is 5.92 Å². The van der Waals surface area contributed by atoms with E-state index in [0.29, 0.717) is 18.7 Å². The largest absolute Gasteiger partial charge is 0.341 e. The van der Waals surface area contributed by atoms with Crippen molar-refractivity contribution in [2.75, 3.05) is 13.1 Å². The Hall–Kier alpha value is -2.15. The second-order valence-electron chi connectivity index (χ2n) is 5.26. The van der Waals surface area contributed by atoms with Gasteiger partial charge in [-0.25, -0.2) is 0 Å². The van der Waals surface area contributed by atoms with E-state index in [4.69, 9.17) is 0 Å². The van der Waals surface area contributed by atoms with Crippen LogP contribution in [0.4, 0.5) is 0 Å². The van der Waals surface area contributed by atoms with Gasteiger partial charge in [-0.1, -0.05) is 12.1 Å². The number of Topliss-reactive ketones (excluding diaryl/α,β-unsaturated/α-hetero) is 1. The number of rotatable bonds is 3. The van der Waals surface area contributed by atoms with Crippen molar-refractivity contribution in [3.05, 3.63) is 34.9 Å². The predicted molar refractivity (Wildman–Crippen MR) is 75.2 cm³/mol. The van der Waals surface area contributed by atoms with Gasteiger partial charge in [0.05, 0.1) is 6.07 Å². The Labute approximate surface area is 119 Å². The van der Waals surface area contributed by atoms with Gasteiger partial charge in [0.1, 0.15) is 0 Å². The number of carbonyl (C=O) groups is 2. The molecule has 0 aliphatic carbocycles. The van der Waals surface area contributed by atoms with E-state index in [1.54, 1.807) is 17.0 Å². The summed E-state index contributed by atoms with van der Waals surface area (Å²) in [5, 5.41) is 9.19. The molecule has 4 nitrogen and oxygen atoms in total. The highest BCUT2D eigenvalue weighted by atomic mass is 16.2. The Bertz CT molecular complexity index is 581. The molecule has 0 radical (unpaired) electrons. The summed E-state index contributed by atoms with van der Waals surface area (Å²) in [4.78, 5) is 26.2. The van der Waals surface area contributed by atoms with Crippen LogP contribution in [0.1, 0.15) is 34.3 Å². The van der Waals surface area contributed by atoms with Crippen molar-refractivity contribution in [3.63, 3.8) is 0 Å². The molecule has 104 valence electrons. The topological polar surface area (TPSA) is 61.2 Å². The van der Waals surface area contributed by atoms with Crippen molar-refractivity contribution < 1.29 is 9.59 Å². The average molecular weight is 270 g/mol. The van der Waals surface area contributed by atoms with Gasteiger partial charge in [-0.15, -0.1) is 0 Å². The van der Waals surface area contributed by atoms with Gasteiger partial charge in [0, 0.05) is 18.7 Å². The fourth-order valence-corrected chi connectivity index (χ4v) is 2.41. The molecule has 1 aliphatic rings. The molecule has 0 unspecified atom stereocenters. The minimum absolute atomic E-state index is 0.353. The zero-order valence-corrected chi connectivity index (χ0v) is 11.8. The van der Waals surface area contributed by atoms with E-state index in [1.807, 2.05) is 26.0 Å². The Kier molecular flexibility index (Phi) is 4.19. The SMILES string of the molecule is Cc1ccc(C(=O)[C@H](C#N)C(=O)N2CCCC2)cc1C. The zero-order chi connectivity index (χ0) is 14.7. The summed E-state index contributed by atoms with van der Waals surface area (Å²) in [5.41, 5.74) is 2.51. The van der Waals surface area contributed by atoms with Crippen molar-refractivity contribution in [1.82, 2.24) is 4.90 Å². The Morgan fingerprint density at radius 1 is 1.20 bits per heavy atom. The normalized spacial score (nSPS) is 15.8. The molecule has 0 bridgehead atoms. The van der Waals surface area contributed by atoms with E-state index >= 15 is 0 Å². The highest BCUT2D eigenvalue weighted by molar-refractivity contribution is 6.12. The van der Waals surface area contributed by atoms with Gasteiger partial charge in [0.25, 0.3) is 0 Å². The number of ketones is 1. The minimum Gasteiger partial charge on any atom is -0.341 e. The number of nitriles is 1. The van der Waals surface area contributed by atoms with Crippen molar-refractivity contribution in [1.29, 1.82) is 5.26 Å². The third kappa shape index (κ3) is 2.72. The summed E-state index contributed by atoms with van der Waals surface area (Å²) < 4.78 is 0. The monoisotopic (exact) mass is 270 g/mol. The molecule has 0 spiro atoms. The van der Waals surface area contributed by atoms with E-state index in [2.05, 4.69) is 0 Å². The number of likely N-dealkylation sites (tertiary alicyclic amines) is 1. The number of amides is 1. The summed E-state index contributed by atoms with van der Waals surface area (Å²) in [7, 11) is 0. The molecule has 2 rings (SSSR count). The molecular weight excluding hydrogens is 252 g/mol. The molecule has 0 saturated carbocycles. The lowest BCUT2D eigenvalue weighted by atomic mass is 9.95. The molecule has 1 saturated heterocycles. The van der Waals surface area contributed by atoms with E-state index in [0.717, 1.165) is 24.0 Å². The van der Waals surface area contributed by atoms with Crippen LogP contribution in [0.5, 0.6) is 0 Å². The van der Waals surface area contributed by atoms with Gasteiger partial charge in [-0.3, -0.25) is 9.59 Å². The van der Waals surface area contributed by atoms with Crippen LogP contribution in [-0.4, -0.2) is 29.7 Å². The minimum atomic E-state index is -1.21. The summed E-state index contributed by atoms with van der Waals surface area (Å²) in [6.07, 6.45) is 1.89. The highest BCUT2D eigenvalue weighted by Crippen LogP contribution is 2.18. The van der Waals surface area contributed by atoms with E-state index in [9.17, 15) is 14.9 Å². The lowest BCUT2D eigenvalue weighted by molar-refractivity contribution is -0.131. The van der Waals surface area contributed by atoms with Crippen LogP contribution in [0.25, 0.3) is 0 Å². The molecule has 20 heavy (non-hydrogen) atoms. The molecule has 1 aromatic carbocycles. The molecule has 0 N–H and O–H groups in total. The van der Waals surface area contributed by atoms with Gasteiger partial charge in [-0.05, 0) is 43.9 Å². The fraction of sp³-hybridized carbons (Fsp3) is 0.438. The Morgan fingerprint density at radius 3 is 2.40 bits per heavy atom. The lowest BCUT2D eigenvalue weighted by Crippen LogP contribution is -2.37. The van der Waals surface area contributed by atoms with Gasteiger partial charge in [0.15, 0.2) is 11.7 Å². The van der Waals surface area contributed by atoms with Gasteiger partial charge in [0.2, 0.25) is 5.91 Å². The highest BCUT2D eigenvalue weighted by Gasteiger charge is 2.32. The molecule has 0 aromatic heterocycles. The number of hydrogen-bond donors (Lipinski definition) is 0. The second-order valence-corrected chi connectivity index (χ2v) is 5.26. The first-order valence-electron chi connectivity index (χ1n) is 6.84. The number of aryl methyl sites for hydroxylation is 2. The van der Waals surface area contributed by atoms with Crippen molar-refractivity contribution in [2.45, 2.75) is 26.7 Å². The number of nitrogens with zero attached hydrogens (tertiary/aromatic N) is 2. The average Bonchev–Trinajstić information content (AvgIpc) is 2.96. The predicted octanol–water partition coefficient (Wildman–Crippen LogP) is 2.25. The molecule has 1 heterocycles. The Balaban J connectivity index is 2.22. The van der Waals surface area contributed by atoms with Crippen LogP contribution in [-0.2, 0) is 4.79 Å². The van der Waals surface area contributed by atoms with Crippen molar-refractivity contribution >= 4 is 11.7 Å². The van der Waals surface area contributed by atoms with Gasteiger partial charge >= 0.3 is 0 Å². The fourth-order valence-electron chi connectivity index (χ4n) is 2.41. The van der Waals surface area contributed by atoms with Gasteiger partial charge < -0.3 is 4.90 Å². The first-order chi connectivity index (χ1) is 9.54. The van der Waals surface area contributed by atoms with Crippen LogP contribution in [0.3, 0.4) is 0 Å². The van der Waals surface area contributed by atoms with Crippen LogP contribution in [0, 0.1) is 31.1 Å². The molecule has 1 aromatic rings. The standard InChI is InChI=1S/C16H18N2O2/c1-11-5-6-13(9-12(11)2)15(19)14(10-17)16(20)18-7-3-4-8-18/h5-6,9,14H,3-4,7-8H2,1-2H3/t14-/m0/s1. The van der Waals surface area contributed by atoms with E-state index in [-0.39, 0.29) is 5.91 Å².